The lowest BCUT2D eigenvalue weighted by Gasteiger charge is -2.36. The summed E-state index contributed by atoms with van der Waals surface area (Å²) in [5, 5.41) is 10.9. The van der Waals surface area contributed by atoms with Crippen molar-refractivity contribution in [1.29, 1.82) is 0 Å². The Morgan fingerprint density at radius 1 is 0.609 bits per heavy atom. The topological polar surface area (TPSA) is 207 Å². The SMILES string of the molecule is CN(C(=O)OC(C)(C)C)C(CCNC(=O)Oc1ccc(CC(NC(=O)OC(C)(C)C)C(=O)Nc2ccccc2)cc1)C(=O)NC(CSC(c1ccccc1)(c1ccccc1)c1ccccc1)C(N)=O. The molecule has 69 heavy (non-hydrogen) atoms. The van der Waals surface area contributed by atoms with E-state index in [-0.39, 0.29) is 30.9 Å². The standard InChI is InChI=1S/C53H62N6O9S/c1-51(2,3)67-49(64)58-42(46(61)56-40-26-18-11-19-27-40)34-36-28-30-41(31-29-36)66-48(63)55-33-32-44(59(7)50(65)68-52(4,5)6)47(62)57-43(45(54)60)35-69-53(37-20-12-8-13-21-37,38-22-14-9-15-23-38)39-24-16-10-17-25-39/h8-31,42-44H,32-35H2,1-7H3,(H2,54,60)(H,55,63)(H,56,61)(H,57,62)(H,58,64). The molecule has 364 valence electrons. The van der Waals surface area contributed by atoms with E-state index in [9.17, 15) is 28.8 Å². The van der Waals surface area contributed by atoms with Crippen molar-refractivity contribution < 1.29 is 43.0 Å². The molecule has 0 radical (unpaired) electrons. The Hall–Kier alpha value is -7.33. The molecule has 6 amide bonds. The highest BCUT2D eigenvalue weighted by Crippen LogP contribution is 2.48. The van der Waals surface area contributed by atoms with Gasteiger partial charge in [0.05, 0.1) is 4.75 Å². The van der Waals surface area contributed by atoms with Crippen molar-refractivity contribution >= 4 is 53.5 Å². The summed E-state index contributed by atoms with van der Waals surface area (Å²) in [6, 6.07) is 41.3. The molecule has 3 unspecified atom stereocenters. The van der Waals surface area contributed by atoms with Gasteiger partial charge in [-0.05, 0) is 94.5 Å². The summed E-state index contributed by atoms with van der Waals surface area (Å²) in [5.41, 5.74) is 8.34. The van der Waals surface area contributed by atoms with Crippen molar-refractivity contribution in [1.82, 2.24) is 20.9 Å². The maximum atomic E-state index is 14.3. The molecule has 16 heteroatoms. The first kappa shape index (κ1) is 52.6. The number of likely N-dealkylation sites (N-methyl/N-ethyl adjacent to an activating group) is 1. The number of alkyl carbamates (subject to hydrolysis) is 1. The molecular formula is C53H62N6O9S. The number of para-hydroxylation sites is 1. The fraction of sp³-hybridized carbons (Fsp3) is 0.321. The number of rotatable bonds is 19. The Balaban J connectivity index is 1.27. The summed E-state index contributed by atoms with van der Waals surface area (Å²) in [6.45, 7) is 10.1. The summed E-state index contributed by atoms with van der Waals surface area (Å²) in [6.07, 6.45) is -2.43. The van der Waals surface area contributed by atoms with Crippen LogP contribution in [-0.4, -0.2) is 89.6 Å². The van der Waals surface area contributed by atoms with Crippen LogP contribution in [0, 0.1) is 0 Å². The van der Waals surface area contributed by atoms with Gasteiger partial charge < -0.3 is 41.2 Å². The molecule has 0 spiro atoms. The number of hydrogen-bond acceptors (Lipinski definition) is 10. The van der Waals surface area contributed by atoms with Crippen LogP contribution in [0.3, 0.4) is 0 Å². The number of nitrogens with two attached hydrogens (primary N) is 1. The van der Waals surface area contributed by atoms with Crippen LogP contribution in [0.4, 0.5) is 20.1 Å². The fourth-order valence-electron chi connectivity index (χ4n) is 7.19. The molecule has 0 heterocycles. The minimum Gasteiger partial charge on any atom is -0.444 e. The maximum absolute atomic E-state index is 14.3. The number of carbonyl (C=O) groups excluding carboxylic acids is 6. The Morgan fingerprint density at radius 2 is 1.10 bits per heavy atom. The van der Waals surface area contributed by atoms with E-state index in [0.717, 1.165) is 21.6 Å². The quantitative estimate of drug-likeness (QED) is 0.0502. The second-order valence-corrected chi connectivity index (χ2v) is 19.4. The van der Waals surface area contributed by atoms with Crippen LogP contribution >= 0.6 is 11.8 Å². The molecule has 6 N–H and O–H groups in total. The first-order valence-corrected chi connectivity index (χ1v) is 23.5. The number of nitrogens with one attached hydrogen (secondary N) is 4. The van der Waals surface area contributed by atoms with Gasteiger partial charge in [-0.1, -0.05) is 121 Å². The van der Waals surface area contributed by atoms with Gasteiger partial charge in [0.1, 0.15) is 35.1 Å². The molecule has 5 rings (SSSR count). The van der Waals surface area contributed by atoms with Crippen LogP contribution in [0.25, 0.3) is 0 Å². The number of hydrogen-bond donors (Lipinski definition) is 5. The molecule has 0 aliphatic rings. The molecule has 5 aromatic carbocycles. The fourth-order valence-corrected chi connectivity index (χ4v) is 8.77. The third-order valence-corrected chi connectivity index (χ3v) is 12.1. The number of benzene rings is 5. The third kappa shape index (κ3) is 15.9. The number of anilines is 1. The summed E-state index contributed by atoms with van der Waals surface area (Å²) in [7, 11) is 1.40. The minimum atomic E-state index is -1.23. The first-order chi connectivity index (χ1) is 32.7. The Morgan fingerprint density at radius 3 is 1.58 bits per heavy atom. The number of carbonyl (C=O) groups is 6. The van der Waals surface area contributed by atoms with Gasteiger partial charge in [-0.2, -0.15) is 0 Å². The number of nitrogens with zero attached hydrogens (tertiary/aromatic N) is 1. The van der Waals surface area contributed by atoms with Gasteiger partial charge in [-0.3, -0.25) is 19.3 Å². The van der Waals surface area contributed by atoms with Gasteiger partial charge in [0.2, 0.25) is 17.7 Å². The average molecular weight is 959 g/mol. The molecule has 15 nitrogen and oxygen atoms in total. The van der Waals surface area contributed by atoms with Crippen LogP contribution in [-0.2, 0) is 35.0 Å². The van der Waals surface area contributed by atoms with Crippen molar-refractivity contribution in [2.75, 3.05) is 24.7 Å². The first-order valence-electron chi connectivity index (χ1n) is 22.5. The van der Waals surface area contributed by atoms with E-state index in [4.69, 9.17) is 19.9 Å². The zero-order valence-electron chi connectivity index (χ0n) is 40.0. The van der Waals surface area contributed by atoms with Gasteiger partial charge in [0, 0.05) is 31.5 Å². The number of amides is 6. The number of ether oxygens (including phenoxy) is 3. The van der Waals surface area contributed by atoms with E-state index in [1.165, 1.54) is 30.9 Å². The van der Waals surface area contributed by atoms with Gasteiger partial charge >= 0.3 is 18.3 Å². The van der Waals surface area contributed by atoms with E-state index < -0.39 is 70.1 Å². The lowest BCUT2D eigenvalue weighted by Crippen LogP contribution is -2.55. The second-order valence-electron chi connectivity index (χ2n) is 18.2. The molecule has 0 saturated heterocycles. The molecule has 0 aromatic heterocycles. The maximum Gasteiger partial charge on any atom is 0.412 e. The summed E-state index contributed by atoms with van der Waals surface area (Å²) in [5.74, 6) is -1.72. The van der Waals surface area contributed by atoms with Crippen molar-refractivity contribution in [3.05, 3.63) is 168 Å². The monoisotopic (exact) mass is 958 g/mol. The molecule has 0 aliphatic carbocycles. The molecule has 0 fully saturated rings. The lowest BCUT2D eigenvalue weighted by atomic mass is 9.84. The van der Waals surface area contributed by atoms with E-state index in [0.29, 0.717) is 11.3 Å². The summed E-state index contributed by atoms with van der Waals surface area (Å²) >= 11 is 1.44. The Labute approximate surface area is 408 Å². The van der Waals surface area contributed by atoms with Crippen LogP contribution in [0.2, 0.25) is 0 Å². The summed E-state index contributed by atoms with van der Waals surface area (Å²) in [4.78, 5) is 81.1. The van der Waals surface area contributed by atoms with Crippen molar-refractivity contribution in [3.8, 4) is 5.75 Å². The number of primary amides is 1. The van der Waals surface area contributed by atoms with Gasteiger partial charge in [-0.15, -0.1) is 11.8 Å². The van der Waals surface area contributed by atoms with Crippen molar-refractivity contribution in [2.24, 2.45) is 5.73 Å². The van der Waals surface area contributed by atoms with Crippen molar-refractivity contribution in [2.45, 2.75) is 88.5 Å². The molecule has 0 bridgehead atoms. The summed E-state index contributed by atoms with van der Waals surface area (Å²) < 4.78 is 15.7. The Bertz CT molecular complexity index is 2390. The zero-order chi connectivity index (χ0) is 50.2. The van der Waals surface area contributed by atoms with Crippen molar-refractivity contribution in [3.63, 3.8) is 0 Å². The molecule has 0 saturated carbocycles. The van der Waals surface area contributed by atoms with Crippen LogP contribution < -0.4 is 31.7 Å². The van der Waals surface area contributed by atoms with Gasteiger partial charge in [0.15, 0.2) is 0 Å². The molecular weight excluding hydrogens is 897 g/mol. The smallest absolute Gasteiger partial charge is 0.412 e. The van der Waals surface area contributed by atoms with Gasteiger partial charge in [-0.25, -0.2) is 14.4 Å². The Kier molecular flexibility index (Phi) is 18.4. The predicted octanol–water partition coefficient (Wildman–Crippen LogP) is 8.17. The average Bonchev–Trinajstić information content (AvgIpc) is 3.30. The molecule has 0 aliphatic heterocycles. The second kappa shape index (κ2) is 24.1. The van der Waals surface area contributed by atoms with Gasteiger partial charge in [0.25, 0.3) is 0 Å². The highest BCUT2D eigenvalue weighted by Gasteiger charge is 2.39. The highest BCUT2D eigenvalue weighted by atomic mass is 32.2. The van der Waals surface area contributed by atoms with E-state index >= 15 is 0 Å². The molecule has 5 aromatic rings. The third-order valence-electron chi connectivity index (χ3n) is 10.4. The van der Waals surface area contributed by atoms with E-state index in [1.54, 1.807) is 77.9 Å². The zero-order valence-corrected chi connectivity index (χ0v) is 40.8. The predicted molar refractivity (Wildman–Crippen MR) is 268 cm³/mol. The lowest BCUT2D eigenvalue weighted by molar-refractivity contribution is -0.130. The number of thioether (sulfide) groups is 1. The van der Waals surface area contributed by atoms with E-state index in [2.05, 4.69) is 21.3 Å². The minimum absolute atomic E-state index is 0.0494. The highest BCUT2D eigenvalue weighted by molar-refractivity contribution is 8.00. The van der Waals surface area contributed by atoms with Crippen LogP contribution in [0.5, 0.6) is 5.75 Å². The largest absolute Gasteiger partial charge is 0.444 e. The van der Waals surface area contributed by atoms with Crippen LogP contribution in [0.15, 0.2) is 146 Å². The van der Waals surface area contributed by atoms with Crippen LogP contribution in [0.1, 0.15) is 70.2 Å². The van der Waals surface area contributed by atoms with E-state index in [1.807, 2.05) is 97.1 Å². The molecule has 3 atom stereocenters. The normalized spacial score (nSPS) is 12.8.